The average molecular weight is 324 g/mol. The largest absolute Gasteiger partial charge is 0.325 e. The van der Waals surface area contributed by atoms with Gasteiger partial charge in [-0.25, -0.2) is 8.42 Å². The second-order valence-corrected chi connectivity index (χ2v) is 8.13. The standard InChI is InChI=1S/C16H24N2O3S/c1-17-11-16(19)18-14-7-5-6-13(10-14)12-22(20,21)15-8-3-2-4-9-15/h5-7,10,15,17H,2-4,8-9,11-12H2,1H3,(H,18,19). The Morgan fingerprint density at radius 1 is 1.23 bits per heavy atom. The summed E-state index contributed by atoms with van der Waals surface area (Å²) in [4.78, 5) is 11.6. The van der Waals surface area contributed by atoms with Crippen molar-refractivity contribution in [3.8, 4) is 0 Å². The molecule has 1 fully saturated rings. The summed E-state index contributed by atoms with van der Waals surface area (Å²) in [7, 11) is -1.42. The molecule has 122 valence electrons. The van der Waals surface area contributed by atoms with E-state index in [1.165, 1.54) is 0 Å². The van der Waals surface area contributed by atoms with E-state index in [2.05, 4.69) is 10.6 Å². The summed E-state index contributed by atoms with van der Waals surface area (Å²) in [5.74, 6) is -0.0947. The molecule has 0 bridgehead atoms. The Balaban J connectivity index is 2.04. The second kappa shape index (κ2) is 7.74. The Bertz CT molecular complexity index is 608. The van der Waals surface area contributed by atoms with Crippen LogP contribution in [0.1, 0.15) is 37.7 Å². The van der Waals surface area contributed by atoms with Crippen LogP contribution < -0.4 is 10.6 Å². The predicted octanol–water partition coefficient (Wildman–Crippen LogP) is 2.09. The van der Waals surface area contributed by atoms with Gasteiger partial charge in [-0.15, -0.1) is 0 Å². The Labute approximate surface area is 132 Å². The van der Waals surface area contributed by atoms with Gasteiger partial charge < -0.3 is 10.6 Å². The van der Waals surface area contributed by atoms with Gasteiger partial charge in [-0.2, -0.15) is 0 Å². The van der Waals surface area contributed by atoms with Crippen molar-refractivity contribution in [2.45, 2.75) is 43.1 Å². The summed E-state index contributed by atoms with van der Waals surface area (Å²) >= 11 is 0. The highest BCUT2D eigenvalue weighted by Gasteiger charge is 2.27. The molecule has 0 radical (unpaired) electrons. The van der Waals surface area contributed by atoms with Crippen LogP contribution in [0.5, 0.6) is 0 Å². The van der Waals surface area contributed by atoms with Crippen LogP contribution in [-0.4, -0.2) is 33.2 Å². The minimum Gasteiger partial charge on any atom is -0.325 e. The SMILES string of the molecule is CNCC(=O)Nc1cccc(CS(=O)(=O)C2CCCCC2)c1. The van der Waals surface area contributed by atoms with Gasteiger partial charge in [-0.1, -0.05) is 31.4 Å². The van der Waals surface area contributed by atoms with Gasteiger partial charge in [-0.3, -0.25) is 4.79 Å². The first-order valence-corrected chi connectivity index (χ1v) is 9.48. The van der Waals surface area contributed by atoms with Crippen LogP contribution in [0.2, 0.25) is 0 Å². The molecule has 1 aliphatic carbocycles. The van der Waals surface area contributed by atoms with Crippen LogP contribution >= 0.6 is 0 Å². The Kier molecular flexibility index (Phi) is 5.97. The third kappa shape index (κ3) is 4.81. The number of sulfone groups is 1. The fraction of sp³-hybridized carbons (Fsp3) is 0.562. The van der Waals surface area contributed by atoms with Gasteiger partial charge in [0.2, 0.25) is 5.91 Å². The molecule has 1 aliphatic rings. The van der Waals surface area contributed by atoms with Crippen LogP contribution in [0.25, 0.3) is 0 Å². The zero-order chi connectivity index (χ0) is 16.0. The van der Waals surface area contributed by atoms with Crippen molar-refractivity contribution in [3.05, 3.63) is 29.8 Å². The molecule has 0 aromatic heterocycles. The molecule has 2 rings (SSSR count). The number of likely N-dealkylation sites (N-methyl/N-ethyl adjacent to an activating group) is 1. The number of anilines is 1. The van der Waals surface area contributed by atoms with Gasteiger partial charge in [-0.05, 0) is 37.6 Å². The lowest BCUT2D eigenvalue weighted by Gasteiger charge is -2.21. The van der Waals surface area contributed by atoms with Gasteiger partial charge in [0, 0.05) is 5.69 Å². The summed E-state index contributed by atoms with van der Waals surface area (Å²) in [5.41, 5.74) is 1.37. The topological polar surface area (TPSA) is 75.3 Å². The summed E-state index contributed by atoms with van der Waals surface area (Å²) < 4.78 is 25.0. The van der Waals surface area contributed by atoms with Crippen molar-refractivity contribution in [2.75, 3.05) is 18.9 Å². The van der Waals surface area contributed by atoms with Crippen molar-refractivity contribution in [2.24, 2.45) is 0 Å². The number of benzene rings is 1. The highest BCUT2D eigenvalue weighted by Crippen LogP contribution is 2.26. The van der Waals surface area contributed by atoms with Crippen LogP contribution in [0.4, 0.5) is 5.69 Å². The fourth-order valence-corrected chi connectivity index (χ4v) is 4.81. The first-order chi connectivity index (χ1) is 10.5. The molecule has 1 aromatic carbocycles. The van der Waals surface area contributed by atoms with Gasteiger partial charge in [0.25, 0.3) is 0 Å². The van der Waals surface area contributed by atoms with Gasteiger partial charge in [0.1, 0.15) is 0 Å². The number of carbonyl (C=O) groups excluding carboxylic acids is 1. The van der Waals surface area contributed by atoms with E-state index in [0.717, 1.165) is 37.7 Å². The second-order valence-electron chi connectivity index (χ2n) is 5.85. The number of rotatable bonds is 6. The fourth-order valence-electron chi connectivity index (χ4n) is 2.88. The van der Waals surface area contributed by atoms with Crippen LogP contribution in [-0.2, 0) is 20.4 Å². The molecule has 1 aromatic rings. The molecule has 0 spiro atoms. The molecule has 22 heavy (non-hydrogen) atoms. The molecule has 0 heterocycles. The maximum atomic E-state index is 12.5. The third-order valence-corrected chi connectivity index (χ3v) is 6.20. The zero-order valence-corrected chi connectivity index (χ0v) is 13.8. The molecular weight excluding hydrogens is 300 g/mol. The molecule has 2 N–H and O–H groups in total. The summed E-state index contributed by atoms with van der Waals surface area (Å²) in [6.45, 7) is 0.227. The summed E-state index contributed by atoms with van der Waals surface area (Å²) in [5, 5.41) is 5.32. The minimum atomic E-state index is -3.12. The molecule has 5 nitrogen and oxygen atoms in total. The first-order valence-electron chi connectivity index (χ1n) is 7.76. The average Bonchev–Trinajstić information content (AvgIpc) is 2.48. The van der Waals surface area contributed by atoms with Crippen LogP contribution in [0.15, 0.2) is 24.3 Å². The van der Waals surface area contributed by atoms with Crippen molar-refractivity contribution in [1.82, 2.24) is 5.32 Å². The van der Waals surface area contributed by atoms with Crippen molar-refractivity contribution >= 4 is 21.4 Å². The van der Waals surface area contributed by atoms with Crippen molar-refractivity contribution < 1.29 is 13.2 Å². The van der Waals surface area contributed by atoms with Crippen molar-refractivity contribution in [1.29, 1.82) is 0 Å². The highest BCUT2D eigenvalue weighted by atomic mass is 32.2. The van der Waals surface area contributed by atoms with E-state index in [1.807, 2.05) is 0 Å². The monoisotopic (exact) mass is 324 g/mol. The maximum Gasteiger partial charge on any atom is 0.238 e. The first kappa shape index (κ1) is 17.0. The minimum absolute atomic E-state index is 0.0490. The lowest BCUT2D eigenvalue weighted by molar-refractivity contribution is -0.115. The zero-order valence-electron chi connectivity index (χ0n) is 13.0. The normalized spacial score (nSPS) is 16.4. The smallest absolute Gasteiger partial charge is 0.238 e. The predicted molar refractivity (Wildman–Crippen MR) is 88.5 cm³/mol. The lowest BCUT2D eigenvalue weighted by atomic mass is 10.0. The van der Waals surface area contributed by atoms with Gasteiger partial charge in [0.05, 0.1) is 17.5 Å². The van der Waals surface area contributed by atoms with Gasteiger partial charge in [0.15, 0.2) is 9.84 Å². The molecule has 0 atom stereocenters. The summed E-state index contributed by atoms with van der Waals surface area (Å²) in [6, 6.07) is 7.09. The van der Waals surface area contributed by atoms with Crippen LogP contribution in [0.3, 0.4) is 0 Å². The molecule has 0 saturated heterocycles. The van der Waals surface area contributed by atoms with E-state index < -0.39 is 9.84 Å². The van der Waals surface area contributed by atoms with E-state index in [1.54, 1.807) is 31.3 Å². The van der Waals surface area contributed by atoms with E-state index in [-0.39, 0.29) is 23.5 Å². The van der Waals surface area contributed by atoms with Crippen LogP contribution in [0, 0.1) is 0 Å². The maximum absolute atomic E-state index is 12.5. The molecule has 1 amide bonds. The quantitative estimate of drug-likeness (QED) is 0.840. The number of amides is 1. The molecule has 0 unspecified atom stereocenters. The molecule has 1 saturated carbocycles. The third-order valence-electron chi connectivity index (χ3n) is 3.98. The highest BCUT2D eigenvalue weighted by molar-refractivity contribution is 7.91. The van der Waals surface area contributed by atoms with E-state index in [0.29, 0.717) is 5.69 Å². The van der Waals surface area contributed by atoms with E-state index in [4.69, 9.17) is 0 Å². The van der Waals surface area contributed by atoms with E-state index in [9.17, 15) is 13.2 Å². The number of hydrogen-bond acceptors (Lipinski definition) is 4. The lowest BCUT2D eigenvalue weighted by Crippen LogP contribution is -2.26. The summed E-state index contributed by atoms with van der Waals surface area (Å²) in [6.07, 6.45) is 4.70. The molecule has 6 heteroatoms. The Morgan fingerprint density at radius 2 is 1.95 bits per heavy atom. The van der Waals surface area contributed by atoms with E-state index >= 15 is 0 Å². The Hall–Kier alpha value is -1.40. The number of hydrogen-bond donors (Lipinski definition) is 2. The number of carbonyl (C=O) groups is 1. The molecular formula is C16H24N2O3S. The molecule has 0 aliphatic heterocycles. The Morgan fingerprint density at radius 3 is 2.64 bits per heavy atom. The van der Waals surface area contributed by atoms with Crippen molar-refractivity contribution in [3.63, 3.8) is 0 Å². The number of nitrogens with one attached hydrogen (secondary N) is 2. The van der Waals surface area contributed by atoms with Gasteiger partial charge >= 0.3 is 0 Å².